The molecule has 0 heterocycles. The fraction of sp³-hybridized carbons (Fsp3) is 0.158. The third-order valence-corrected chi connectivity index (χ3v) is 5.20. The Bertz CT molecular complexity index is 1220. The number of esters is 2. The Labute approximate surface area is 192 Å². The second kappa shape index (κ2) is 10.3. The molecule has 0 saturated heterocycles. The number of hydrogen-bond donors (Lipinski definition) is 0. The first-order valence-corrected chi connectivity index (χ1v) is 10.7. The molecule has 2 aromatic rings. The predicted molar refractivity (Wildman–Crippen MR) is 105 cm³/mol. The highest BCUT2D eigenvalue weighted by molar-refractivity contribution is 9.10. The minimum atomic E-state index is -5.91. The topological polar surface area (TPSA) is 119 Å². The van der Waals surface area contributed by atoms with Crippen LogP contribution < -0.4 is 9.47 Å². The molecule has 0 unspecified atom stereocenters. The molecule has 0 aliphatic rings. The molecule has 0 bridgehead atoms. The van der Waals surface area contributed by atoms with Crippen LogP contribution >= 0.6 is 15.9 Å². The van der Waals surface area contributed by atoms with Gasteiger partial charge < -0.3 is 18.8 Å². The van der Waals surface area contributed by atoms with Gasteiger partial charge in [0.2, 0.25) is 17.4 Å². The number of carbonyl (C=O) groups is 2. The third kappa shape index (κ3) is 6.09. The monoisotopic (exact) mass is 555 g/mol. The molecule has 2 aromatic carbocycles. The van der Waals surface area contributed by atoms with E-state index in [9.17, 15) is 40.1 Å². The Morgan fingerprint density at radius 3 is 2.12 bits per heavy atom. The van der Waals surface area contributed by atoms with Crippen LogP contribution in [0.25, 0.3) is 0 Å². The lowest BCUT2D eigenvalue weighted by atomic mass is 10.2. The molecule has 0 atom stereocenters. The number of ether oxygens (including phenoxy) is 3. The van der Waals surface area contributed by atoms with E-state index < -0.39 is 56.0 Å². The second-order valence-corrected chi connectivity index (χ2v) is 8.34. The zero-order chi connectivity index (χ0) is 25.1. The number of halogens is 5. The average molecular weight is 556 g/mol. The molecular weight excluding hydrogens is 544 g/mol. The van der Waals surface area contributed by atoms with Crippen molar-refractivity contribution >= 4 is 38.0 Å². The van der Waals surface area contributed by atoms with Gasteiger partial charge in [-0.1, -0.05) is 6.58 Å². The summed E-state index contributed by atoms with van der Waals surface area (Å²) in [5.41, 5.74) is -0.168. The summed E-state index contributed by atoms with van der Waals surface area (Å²) in [6, 6.07) is 3.38. The Morgan fingerprint density at radius 2 is 1.64 bits per heavy atom. The van der Waals surface area contributed by atoms with Crippen LogP contribution in [0.5, 0.6) is 11.5 Å². The van der Waals surface area contributed by atoms with Crippen LogP contribution in [0, 0.1) is 23.3 Å². The summed E-state index contributed by atoms with van der Waals surface area (Å²) in [7, 11) is -5.91. The molecule has 0 radical (unpaired) electrons. The van der Waals surface area contributed by atoms with Gasteiger partial charge in [0.25, 0.3) is 0 Å². The Morgan fingerprint density at radius 1 is 1.06 bits per heavy atom. The lowest BCUT2D eigenvalue weighted by Gasteiger charge is -2.14. The first-order chi connectivity index (χ1) is 15.3. The van der Waals surface area contributed by atoms with Gasteiger partial charge in [0.15, 0.2) is 11.6 Å². The third-order valence-electron chi connectivity index (χ3n) is 3.72. The first kappa shape index (κ1) is 26.3. The molecule has 0 aliphatic carbocycles. The molecule has 33 heavy (non-hydrogen) atoms. The van der Waals surface area contributed by atoms with E-state index in [4.69, 9.17) is 9.47 Å². The summed E-state index contributed by atoms with van der Waals surface area (Å²) in [5, 5.41) is 0. The van der Waals surface area contributed by atoms with Crippen LogP contribution in [-0.2, 0) is 19.6 Å². The Kier molecular flexibility index (Phi) is 8.21. The van der Waals surface area contributed by atoms with Crippen LogP contribution in [0.15, 0.2) is 39.7 Å². The van der Waals surface area contributed by atoms with Crippen LogP contribution in [-0.4, -0.2) is 38.1 Å². The fourth-order valence-corrected chi connectivity index (χ4v) is 3.32. The van der Waals surface area contributed by atoms with Gasteiger partial charge in [-0.2, -0.15) is 8.78 Å². The summed E-state index contributed by atoms with van der Waals surface area (Å²) in [6.45, 7) is 4.66. The zero-order valence-electron chi connectivity index (χ0n) is 16.4. The minimum Gasteiger partial charge on any atom is -0.744 e. The molecule has 14 heteroatoms. The maximum atomic E-state index is 14.0. The van der Waals surface area contributed by atoms with Crippen LogP contribution in [0.3, 0.4) is 0 Å². The van der Waals surface area contributed by atoms with Gasteiger partial charge in [-0.3, -0.25) is 0 Å². The number of hydrogen-bond acceptors (Lipinski definition) is 8. The first-order valence-electron chi connectivity index (χ1n) is 8.54. The zero-order valence-corrected chi connectivity index (χ0v) is 18.8. The predicted octanol–water partition coefficient (Wildman–Crippen LogP) is 3.63. The smallest absolute Gasteiger partial charge is 0.343 e. The van der Waals surface area contributed by atoms with E-state index >= 15 is 0 Å². The molecule has 0 amide bonds. The molecule has 0 spiro atoms. The molecule has 0 aliphatic heterocycles. The molecule has 0 aromatic heterocycles. The van der Waals surface area contributed by atoms with Gasteiger partial charge >= 0.3 is 11.9 Å². The van der Waals surface area contributed by atoms with E-state index in [1.807, 2.05) is 0 Å². The van der Waals surface area contributed by atoms with Gasteiger partial charge in [0.1, 0.15) is 34.0 Å². The van der Waals surface area contributed by atoms with E-state index in [1.54, 1.807) is 0 Å². The lowest BCUT2D eigenvalue weighted by molar-refractivity contribution is -0.139. The number of carbonyl (C=O) groups excluding carboxylic acids is 2. The van der Waals surface area contributed by atoms with Crippen LogP contribution in [0.2, 0.25) is 0 Å². The lowest BCUT2D eigenvalue weighted by Crippen LogP contribution is -2.16. The fourth-order valence-electron chi connectivity index (χ4n) is 2.21. The molecule has 8 nitrogen and oxygen atoms in total. The normalized spacial score (nSPS) is 11.1. The maximum absolute atomic E-state index is 14.0. The Hall–Kier alpha value is -2.97. The van der Waals surface area contributed by atoms with Crippen LogP contribution in [0.1, 0.15) is 17.3 Å². The molecular formula is C19H12BrF4O8S-. The summed E-state index contributed by atoms with van der Waals surface area (Å²) < 4.78 is 103. The van der Waals surface area contributed by atoms with Crippen molar-refractivity contribution in [2.45, 2.75) is 11.8 Å². The molecule has 2 rings (SSSR count). The Balaban J connectivity index is 2.19. The van der Waals surface area contributed by atoms with Crippen molar-refractivity contribution in [1.29, 1.82) is 0 Å². The molecule has 0 N–H and O–H groups in total. The average Bonchev–Trinajstić information content (AvgIpc) is 2.72. The molecule has 0 saturated carbocycles. The SMILES string of the molecule is C=C(C)C(=O)OCCOc1ccc(C(=O)Oc2c(F)c(F)c(S(=O)(=O)[O-])c(F)c2F)cc1Br. The summed E-state index contributed by atoms with van der Waals surface area (Å²) in [6.07, 6.45) is 0. The van der Waals surface area contributed by atoms with Crippen molar-refractivity contribution < 1.29 is 54.3 Å². The minimum absolute atomic E-state index is 0.0780. The van der Waals surface area contributed by atoms with Crippen molar-refractivity contribution in [3.63, 3.8) is 0 Å². The van der Waals surface area contributed by atoms with Crippen molar-refractivity contribution in [1.82, 2.24) is 0 Å². The quantitative estimate of drug-likeness (QED) is 0.0921. The van der Waals surface area contributed by atoms with Crippen molar-refractivity contribution in [2.75, 3.05) is 13.2 Å². The number of benzene rings is 2. The second-order valence-electron chi connectivity index (χ2n) is 6.17. The van der Waals surface area contributed by atoms with Crippen molar-refractivity contribution in [2.24, 2.45) is 0 Å². The largest absolute Gasteiger partial charge is 0.744 e. The van der Waals surface area contributed by atoms with Gasteiger partial charge in [-0.25, -0.2) is 26.8 Å². The van der Waals surface area contributed by atoms with Crippen molar-refractivity contribution in [3.05, 3.63) is 63.7 Å². The summed E-state index contributed by atoms with van der Waals surface area (Å²) >= 11 is 3.06. The van der Waals surface area contributed by atoms with E-state index in [1.165, 1.54) is 13.0 Å². The van der Waals surface area contributed by atoms with E-state index in [0.29, 0.717) is 0 Å². The molecule has 178 valence electrons. The van der Waals surface area contributed by atoms with Gasteiger partial charge in [0, 0.05) is 5.57 Å². The molecule has 0 fully saturated rings. The van der Waals surface area contributed by atoms with Crippen LogP contribution in [0.4, 0.5) is 17.6 Å². The van der Waals surface area contributed by atoms with E-state index in [-0.39, 0.29) is 34.6 Å². The van der Waals surface area contributed by atoms with Gasteiger partial charge in [0.05, 0.1) is 10.0 Å². The van der Waals surface area contributed by atoms with Gasteiger partial charge in [-0.15, -0.1) is 0 Å². The highest BCUT2D eigenvalue weighted by Gasteiger charge is 2.31. The van der Waals surface area contributed by atoms with Gasteiger partial charge in [-0.05, 0) is 41.1 Å². The highest BCUT2D eigenvalue weighted by Crippen LogP contribution is 2.33. The van der Waals surface area contributed by atoms with Crippen molar-refractivity contribution in [3.8, 4) is 11.5 Å². The van der Waals surface area contributed by atoms with E-state index in [2.05, 4.69) is 27.2 Å². The highest BCUT2D eigenvalue weighted by atomic mass is 79.9. The standard InChI is InChI=1S/C19H13BrF4O8S/c1-8(2)18(25)31-6-5-30-11-4-3-9(7-10(11)20)19(26)32-16-12(21)14(23)17(33(27,28)29)15(24)13(16)22/h3-4,7H,1,5-6H2,2H3,(H,27,28,29)/p-1. The van der Waals surface area contributed by atoms with E-state index in [0.717, 1.165) is 12.1 Å². The number of rotatable bonds is 8. The summed E-state index contributed by atoms with van der Waals surface area (Å²) in [5.74, 6) is -13.7. The maximum Gasteiger partial charge on any atom is 0.343 e. The summed E-state index contributed by atoms with van der Waals surface area (Å²) in [4.78, 5) is 21.1.